The molecule has 0 aromatic heterocycles. The van der Waals surface area contributed by atoms with Crippen molar-refractivity contribution in [3.63, 3.8) is 0 Å². The van der Waals surface area contributed by atoms with Crippen LogP contribution in [-0.4, -0.2) is 44.3 Å². The van der Waals surface area contributed by atoms with Crippen LogP contribution in [0.5, 0.6) is 11.5 Å². The van der Waals surface area contributed by atoms with Crippen molar-refractivity contribution < 1.29 is 34.8 Å². The standard InChI is InChI=1S/C14H15NO7/c16-10-4-1-8(7-11(10)17)2-5-12(18)15-9(14(21)22)3-6-13(19)20/h1-2,4-5,7,9,16-17H,3,6H2,(H,15,18)(H,19,20)(H,21,22)/b5-2+/t9-/m1/s1. The molecule has 5 N–H and O–H groups in total. The maximum absolute atomic E-state index is 11.6. The molecular weight excluding hydrogens is 294 g/mol. The number of aliphatic carboxylic acids is 2. The molecule has 0 aliphatic rings. The molecule has 0 unspecified atom stereocenters. The third-order valence-electron chi connectivity index (χ3n) is 2.69. The van der Waals surface area contributed by atoms with Crippen LogP contribution in [0.4, 0.5) is 0 Å². The van der Waals surface area contributed by atoms with E-state index >= 15 is 0 Å². The predicted octanol–water partition coefficient (Wildman–Crippen LogP) is 0.545. The van der Waals surface area contributed by atoms with Crippen molar-refractivity contribution in [3.05, 3.63) is 29.8 Å². The van der Waals surface area contributed by atoms with Crippen molar-refractivity contribution in [1.82, 2.24) is 5.32 Å². The van der Waals surface area contributed by atoms with E-state index in [0.717, 1.165) is 6.08 Å². The highest BCUT2D eigenvalue weighted by atomic mass is 16.4. The maximum atomic E-state index is 11.6. The maximum Gasteiger partial charge on any atom is 0.326 e. The molecule has 0 heterocycles. The van der Waals surface area contributed by atoms with Crippen molar-refractivity contribution in [3.8, 4) is 11.5 Å². The molecule has 1 aromatic rings. The zero-order chi connectivity index (χ0) is 16.7. The normalized spacial score (nSPS) is 12.0. The Balaban J connectivity index is 2.66. The van der Waals surface area contributed by atoms with E-state index in [2.05, 4.69) is 5.32 Å². The van der Waals surface area contributed by atoms with Crippen LogP contribution in [0.25, 0.3) is 6.08 Å². The molecule has 0 fully saturated rings. The van der Waals surface area contributed by atoms with Crippen molar-refractivity contribution in [2.24, 2.45) is 0 Å². The summed E-state index contributed by atoms with van der Waals surface area (Å²) in [6.45, 7) is 0. The number of benzene rings is 1. The van der Waals surface area contributed by atoms with Gasteiger partial charge in [0.25, 0.3) is 0 Å². The van der Waals surface area contributed by atoms with Crippen LogP contribution >= 0.6 is 0 Å². The van der Waals surface area contributed by atoms with Gasteiger partial charge in [0.15, 0.2) is 11.5 Å². The van der Waals surface area contributed by atoms with E-state index in [4.69, 9.17) is 15.3 Å². The molecule has 1 atom stereocenters. The molecule has 0 saturated carbocycles. The van der Waals surface area contributed by atoms with Crippen LogP contribution in [0.2, 0.25) is 0 Å². The molecule has 1 rings (SSSR count). The smallest absolute Gasteiger partial charge is 0.326 e. The van der Waals surface area contributed by atoms with Gasteiger partial charge < -0.3 is 25.7 Å². The zero-order valence-corrected chi connectivity index (χ0v) is 11.4. The molecule has 0 aliphatic carbocycles. The third-order valence-corrected chi connectivity index (χ3v) is 2.69. The van der Waals surface area contributed by atoms with Crippen molar-refractivity contribution in [2.45, 2.75) is 18.9 Å². The fourth-order valence-corrected chi connectivity index (χ4v) is 1.56. The Morgan fingerprint density at radius 2 is 1.82 bits per heavy atom. The molecule has 22 heavy (non-hydrogen) atoms. The first-order valence-corrected chi connectivity index (χ1v) is 6.24. The molecule has 8 nitrogen and oxygen atoms in total. The van der Waals surface area contributed by atoms with Gasteiger partial charge in [-0.2, -0.15) is 0 Å². The first kappa shape index (κ1) is 17.0. The van der Waals surface area contributed by atoms with Gasteiger partial charge in [-0.15, -0.1) is 0 Å². The highest BCUT2D eigenvalue weighted by molar-refractivity contribution is 5.94. The molecule has 0 spiro atoms. The number of carboxylic acids is 2. The first-order valence-electron chi connectivity index (χ1n) is 6.24. The van der Waals surface area contributed by atoms with Gasteiger partial charge in [-0.05, 0) is 30.2 Å². The van der Waals surface area contributed by atoms with E-state index in [1.165, 1.54) is 24.3 Å². The van der Waals surface area contributed by atoms with E-state index in [0.29, 0.717) is 5.56 Å². The second-order valence-corrected chi connectivity index (χ2v) is 4.41. The summed E-state index contributed by atoms with van der Waals surface area (Å²) in [6.07, 6.45) is 1.74. The lowest BCUT2D eigenvalue weighted by molar-refractivity contribution is -0.142. The van der Waals surface area contributed by atoms with Crippen molar-refractivity contribution in [1.29, 1.82) is 0 Å². The number of carbonyl (C=O) groups excluding carboxylic acids is 1. The fraction of sp³-hybridized carbons (Fsp3) is 0.214. The zero-order valence-electron chi connectivity index (χ0n) is 11.4. The van der Waals surface area contributed by atoms with E-state index in [1.807, 2.05) is 0 Å². The van der Waals surface area contributed by atoms with E-state index < -0.39 is 23.9 Å². The minimum absolute atomic E-state index is 0.232. The number of carboxylic acid groups (broad SMARTS) is 2. The van der Waals surface area contributed by atoms with Gasteiger partial charge in [0.05, 0.1) is 0 Å². The molecule has 0 aliphatic heterocycles. The number of phenolic OH excluding ortho intramolecular Hbond substituents is 2. The second-order valence-electron chi connectivity index (χ2n) is 4.41. The van der Waals surface area contributed by atoms with Crippen LogP contribution in [0.1, 0.15) is 18.4 Å². The van der Waals surface area contributed by atoms with Crippen molar-refractivity contribution in [2.75, 3.05) is 0 Å². The second kappa shape index (κ2) is 7.67. The van der Waals surface area contributed by atoms with Gasteiger partial charge >= 0.3 is 11.9 Å². The average Bonchev–Trinajstić information content (AvgIpc) is 2.44. The largest absolute Gasteiger partial charge is 0.504 e. The fourth-order valence-electron chi connectivity index (χ4n) is 1.56. The number of nitrogens with one attached hydrogen (secondary N) is 1. The summed E-state index contributed by atoms with van der Waals surface area (Å²) in [6, 6.07) is 2.59. The van der Waals surface area contributed by atoms with Gasteiger partial charge in [-0.3, -0.25) is 9.59 Å². The number of aromatic hydroxyl groups is 2. The molecule has 118 valence electrons. The van der Waals surface area contributed by atoms with Crippen molar-refractivity contribution >= 4 is 23.9 Å². The molecule has 1 amide bonds. The predicted molar refractivity (Wildman–Crippen MR) is 75.2 cm³/mol. The lowest BCUT2D eigenvalue weighted by Gasteiger charge is -2.11. The third kappa shape index (κ3) is 5.53. The van der Waals surface area contributed by atoms with Crippen LogP contribution in [0.15, 0.2) is 24.3 Å². The van der Waals surface area contributed by atoms with Crippen LogP contribution in [0, 0.1) is 0 Å². The van der Waals surface area contributed by atoms with Crippen LogP contribution < -0.4 is 5.32 Å². The lowest BCUT2D eigenvalue weighted by atomic mass is 10.1. The summed E-state index contributed by atoms with van der Waals surface area (Å²) in [4.78, 5) is 32.9. The Morgan fingerprint density at radius 1 is 1.14 bits per heavy atom. The summed E-state index contributed by atoms with van der Waals surface area (Å²) in [5.41, 5.74) is 0.419. The number of rotatable bonds is 7. The summed E-state index contributed by atoms with van der Waals surface area (Å²) in [5, 5.41) is 38.0. The summed E-state index contributed by atoms with van der Waals surface area (Å²) < 4.78 is 0. The van der Waals surface area contributed by atoms with Crippen LogP contribution in [0.3, 0.4) is 0 Å². The Morgan fingerprint density at radius 3 is 2.36 bits per heavy atom. The molecule has 0 radical (unpaired) electrons. The monoisotopic (exact) mass is 309 g/mol. The Bertz CT molecular complexity index is 609. The summed E-state index contributed by atoms with van der Waals surface area (Å²) >= 11 is 0. The SMILES string of the molecule is O=C(O)CC[C@@H](NC(=O)/C=C/c1ccc(O)c(O)c1)C(=O)O. The van der Waals surface area contributed by atoms with E-state index in [-0.39, 0.29) is 24.3 Å². The molecule has 8 heteroatoms. The quantitative estimate of drug-likeness (QED) is 0.365. The topological polar surface area (TPSA) is 144 Å². The number of phenols is 2. The molecule has 1 aromatic carbocycles. The average molecular weight is 309 g/mol. The Labute approximate surface area is 125 Å². The highest BCUT2D eigenvalue weighted by Gasteiger charge is 2.19. The molecular formula is C14H15NO7. The molecule has 0 bridgehead atoms. The lowest BCUT2D eigenvalue weighted by Crippen LogP contribution is -2.40. The van der Waals surface area contributed by atoms with Gasteiger partial charge in [0.2, 0.25) is 5.91 Å². The van der Waals surface area contributed by atoms with Crippen LogP contribution in [-0.2, 0) is 14.4 Å². The number of hydrogen-bond acceptors (Lipinski definition) is 5. The Hall–Kier alpha value is -3.03. The minimum Gasteiger partial charge on any atom is -0.504 e. The molecule has 0 saturated heterocycles. The highest BCUT2D eigenvalue weighted by Crippen LogP contribution is 2.25. The summed E-state index contributed by atoms with van der Waals surface area (Å²) in [5.74, 6) is -3.86. The first-order chi connectivity index (χ1) is 10.3. The summed E-state index contributed by atoms with van der Waals surface area (Å²) in [7, 11) is 0. The van der Waals surface area contributed by atoms with Gasteiger partial charge in [0.1, 0.15) is 6.04 Å². The van der Waals surface area contributed by atoms with Gasteiger partial charge in [-0.1, -0.05) is 6.07 Å². The number of hydrogen-bond donors (Lipinski definition) is 5. The van der Waals surface area contributed by atoms with E-state index in [1.54, 1.807) is 0 Å². The number of carbonyl (C=O) groups is 3. The number of amides is 1. The van der Waals surface area contributed by atoms with Gasteiger partial charge in [-0.25, -0.2) is 4.79 Å². The Kier molecular flexibility index (Phi) is 5.94. The minimum atomic E-state index is -1.33. The van der Waals surface area contributed by atoms with Gasteiger partial charge in [0, 0.05) is 12.5 Å². The van der Waals surface area contributed by atoms with E-state index in [9.17, 15) is 19.5 Å².